The highest BCUT2D eigenvalue weighted by Gasteiger charge is 2.63. The molecule has 2 aromatic carbocycles. The molecule has 0 radical (unpaired) electrons. The second-order valence-corrected chi connectivity index (χ2v) is 11.8. The fourth-order valence-electron chi connectivity index (χ4n) is 6.46. The third-order valence-corrected chi connectivity index (χ3v) is 8.28. The Labute approximate surface area is 231 Å². The van der Waals surface area contributed by atoms with E-state index >= 15 is 4.39 Å². The predicted molar refractivity (Wildman–Crippen MR) is 135 cm³/mol. The largest absolute Gasteiger partial charge is 0.416 e. The van der Waals surface area contributed by atoms with Crippen LogP contribution in [0.4, 0.5) is 32.0 Å². The molecule has 13 heteroatoms. The summed E-state index contributed by atoms with van der Waals surface area (Å²) >= 11 is 0. The number of amides is 1. The SMILES string of the molecule is Cn1cnnc1[C@H](F)C1(c2cccc(N3Cc4c(cc(CN5CC(C)(O)C5)cc4C(F)(F)F)C3=O)c2)CC(F)(F)C1. The second kappa shape index (κ2) is 9.02. The number of carbonyl (C=O) groups is 1. The van der Waals surface area contributed by atoms with E-state index in [9.17, 15) is 31.9 Å². The van der Waals surface area contributed by atoms with Gasteiger partial charge >= 0.3 is 6.18 Å². The quantitative estimate of drug-likeness (QED) is 0.419. The standard InChI is InChI=1S/C28H27F6N5O2/c1-25(41)13-38(14-25)9-16-6-19-20(21(7-16)28(32,33)34)10-39(24(19)40)18-5-3-4-17(8-18)26(11-27(30,31)12-26)22(29)23-36-35-15-37(23)2/h3-8,15,22,41H,9-14H2,1-2H3/t22-/m0/s1. The van der Waals surface area contributed by atoms with Gasteiger partial charge in [0, 0.05) is 56.2 Å². The van der Waals surface area contributed by atoms with Gasteiger partial charge in [0.15, 0.2) is 12.0 Å². The van der Waals surface area contributed by atoms with E-state index in [4.69, 9.17) is 0 Å². The van der Waals surface area contributed by atoms with Gasteiger partial charge in [-0.2, -0.15) is 13.2 Å². The normalized spacial score (nSPS) is 21.8. The molecule has 1 atom stereocenters. The first kappa shape index (κ1) is 27.7. The van der Waals surface area contributed by atoms with Crippen molar-refractivity contribution in [1.29, 1.82) is 0 Å². The fourth-order valence-corrected chi connectivity index (χ4v) is 6.46. The highest BCUT2D eigenvalue weighted by molar-refractivity contribution is 6.10. The number of anilines is 1. The molecule has 6 rings (SSSR count). The summed E-state index contributed by atoms with van der Waals surface area (Å²) in [6.45, 7) is 1.98. The summed E-state index contributed by atoms with van der Waals surface area (Å²) in [6, 6.07) is 8.31. The Bertz CT molecular complexity index is 1520. The Balaban J connectivity index is 1.34. The molecule has 2 aliphatic heterocycles. The molecule has 3 aromatic rings. The molecule has 1 aliphatic carbocycles. The molecule has 2 fully saturated rings. The number of aromatic nitrogens is 3. The average molecular weight is 580 g/mol. The molecule has 1 saturated carbocycles. The smallest absolute Gasteiger partial charge is 0.388 e. The third-order valence-electron chi connectivity index (χ3n) is 8.28. The highest BCUT2D eigenvalue weighted by Crippen LogP contribution is 2.60. The zero-order chi connectivity index (χ0) is 29.5. The lowest BCUT2D eigenvalue weighted by molar-refractivity contribution is -0.151. The minimum atomic E-state index is -4.72. The molecular formula is C28H27F6N5O2. The number of likely N-dealkylation sites (tertiary alicyclic amines) is 1. The van der Waals surface area contributed by atoms with Crippen molar-refractivity contribution in [2.45, 2.75) is 62.1 Å². The Kier molecular flexibility index (Phi) is 6.10. The number of halogens is 6. The molecule has 3 heterocycles. The van der Waals surface area contributed by atoms with Crippen LogP contribution in [0.5, 0.6) is 0 Å². The Hall–Kier alpha value is -3.45. The molecule has 3 aliphatic rings. The molecule has 1 aromatic heterocycles. The van der Waals surface area contributed by atoms with Crippen LogP contribution < -0.4 is 4.90 Å². The van der Waals surface area contributed by atoms with Gasteiger partial charge in [0.2, 0.25) is 5.92 Å². The summed E-state index contributed by atoms with van der Waals surface area (Å²) in [4.78, 5) is 16.4. The van der Waals surface area contributed by atoms with Crippen LogP contribution in [0.1, 0.15) is 64.4 Å². The third kappa shape index (κ3) is 4.68. The first-order valence-electron chi connectivity index (χ1n) is 13.0. The fraction of sp³-hybridized carbons (Fsp3) is 0.464. The Morgan fingerprint density at radius 1 is 1.12 bits per heavy atom. The lowest BCUT2D eigenvalue weighted by Crippen LogP contribution is -2.59. The first-order valence-corrected chi connectivity index (χ1v) is 13.0. The van der Waals surface area contributed by atoms with Gasteiger partial charge in [-0.15, -0.1) is 10.2 Å². The van der Waals surface area contributed by atoms with Crippen molar-refractivity contribution in [2.75, 3.05) is 18.0 Å². The Morgan fingerprint density at radius 3 is 2.41 bits per heavy atom. The first-order chi connectivity index (χ1) is 19.1. The molecule has 7 nitrogen and oxygen atoms in total. The summed E-state index contributed by atoms with van der Waals surface area (Å²) in [5, 5.41) is 17.4. The maximum Gasteiger partial charge on any atom is 0.416 e. The lowest BCUT2D eigenvalue weighted by Gasteiger charge is -2.49. The molecule has 218 valence electrons. The summed E-state index contributed by atoms with van der Waals surface area (Å²) in [5.41, 5.74) is -3.11. The van der Waals surface area contributed by atoms with Crippen molar-refractivity contribution in [3.63, 3.8) is 0 Å². The van der Waals surface area contributed by atoms with Gasteiger partial charge in [-0.25, -0.2) is 13.2 Å². The number of alkyl halides is 6. The maximum absolute atomic E-state index is 15.9. The second-order valence-electron chi connectivity index (χ2n) is 11.8. The summed E-state index contributed by atoms with van der Waals surface area (Å²) in [6.07, 6.45) is -6.98. The number of β-amino-alcohol motifs (C(OH)–C–C–N with tert-alkyl or cyclic N) is 1. The minimum Gasteiger partial charge on any atom is -0.388 e. The average Bonchev–Trinajstić information content (AvgIpc) is 3.42. The van der Waals surface area contributed by atoms with Gasteiger partial charge in [0.1, 0.15) is 6.33 Å². The summed E-state index contributed by atoms with van der Waals surface area (Å²) in [5.74, 6) is -3.90. The van der Waals surface area contributed by atoms with Crippen molar-refractivity contribution in [3.05, 3.63) is 76.4 Å². The van der Waals surface area contributed by atoms with Crippen LogP contribution in [0.25, 0.3) is 0 Å². The Morgan fingerprint density at radius 2 is 1.83 bits per heavy atom. The summed E-state index contributed by atoms with van der Waals surface area (Å²) in [7, 11) is 1.50. The van der Waals surface area contributed by atoms with Gasteiger partial charge in [-0.05, 0) is 47.9 Å². The van der Waals surface area contributed by atoms with Crippen molar-refractivity contribution in [2.24, 2.45) is 7.05 Å². The number of hydrogen-bond donors (Lipinski definition) is 1. The van der Waals surface area contributed by atoms with E-state index in [1.54, 1.807) is 11.8 Å². The minimum absolute atomic E-state index is 0.0974. The van der Waals surface area contributed by atoms with Gasteiger partial charge in [0.05, 0.1) is 17.7 Å². The van der Waals surface area contributed by atoms with Crippen molar-refractivity contribution in [1.82, 2.24) is 19.7 Å². The predicted octanol–water partition coefficient (Wildman–Crippen LogP) is 4.94. The molecule has 0 unspecified atom stereocenters. The van der Waals surface area contributed by atoms with Crippen LogP contribution in [-0.4, -0.2) is 55.3 Å². The zero-order valence-electron chi connectivity index (χ0n) is 22.2. The number of fused-ring (bicyclic) bond motifs is 1. The number of rotatable bonds is 6. The number of nitrogens with zero attached hydrogens (tertiary/aromatic N) is 5. The van der Waals surface area contributed by atoms with Gasteiger partial charge in [-0.1, -0.05) is 12.1 Å². The van der Waals surface area contributed by atoms with Gasteiger partial charge in [0.25, 0.3) is 5.91 Å². The van der Waals surface area contributed by atoms with Crippen molar-refractivity contribution in [3.8, 4) is 0 Å². The number of carbonyl (C=O) groups excluding carboxylic acids is 1. The molecule has 0 bridgehead atoms. The monoisotopic (exact) mass is 579 g/mol. The van der Waals surface area contributed by atoms with E-state index in [0.717, 1.165) is 11.0 Å². The number of aliphatic hydroxyl groups is 1. The molecule has 1 amide bonds. The van der Waals surface area contributed by atoms with E-state index in [2.05, 4.69) is 10.2 Å². The molecular weight excluding hydrogens is 552 g/mol. The van der Waals surface area contributed by atoms with Crippen LogP contribution in [-0.2, 0) is 31.7 Å². The van der Waals surface area contributed by atoms with E-state index in [1.165, 1.54) is 48.3 Å². The molecule has 41 heavy (non-hydrogen) atoms. The highest BCUT2D eigenvalue weighted by atomic mass is 19.4. The molecule has 0 spiro atoms. The topological polar surface area (TPSA) is 74.5 Å². The van der Waals surface area contributed by atoms with Crippen LogP contribution in [0.15, 0.2) is 42.7 Å². The van der Waals surface area contributed by atoms with Crippen LogP contribution in [0, 0.1) is 0 Å². The van der Waals surface area contributed by atoms with Crippen LogP contribution in [0.3, 0.4) is 0 Å². The number of aryl methyl sites for hydroxylation is 1. The van der Waals surface area contributed by atoms with E-state index in [1.807, 2.05) is 0 Å². The molecule has 1 saturated heterocycles. The van der Waals surface area contributed by atoms with Crippen LogP contribution >= 0.6 is 0 Å². The lowest BCUT2D eigenvalue weighted by atomic mass is 9.59. The number of hydrogen-bond acceptors (Lipinski definition) is 5. The van der Waals surface area contributed by atoms with Crippen molar-refractivity contribution >= 4 is 11.6 Å². The van der Waals surface area contributed by atoms with Crippen molar-refractivity contribution < 1.29 is 36.2 Å². The summed E-state index contributed by atoms with van der Waals surface area (Å²) < 4.78 is 88.0. The van der Waals surface area contributed by atoms with Gasteiger partial charge in [-0.3, -0.25) is 9.69 Å². The zero-order valence-corrected chi connectivity index (χ0v) is 22.2. The van der Waals surface area contributed by atoms with Gasteiger partial charge < -0.3 is 14.6 Å². The maximum atomic E-state index is 15.9. The number of benzene rings is 2. The van der Waals surface area contributed by atoms with E-state index in [0.29, 0.717) is 13.1 Å². The molecule has 1 N–H and O–H groups in total. The van der Waals surface area contributed by atoms with E-state index in [-0.39, 0.29) is 46.9 Å². The van der Waals surface area contributed by atoms with Crippen LogP contribution in [0.2, 0.25) is 0 Å². The van der Waals surface area contributed by atoms with E-state index < -0.39 is 53.6 Å².